The van der Waals surface area contributed by atoms with Gasteiger partial charge in [-0.05, 0) is 61.5 Å². The second-order valence-corrected chi connectivity index (χ2v) is 9.54. The molecule has 2 rings (SSSR count). The number of rotatable bonds is 11. The Balaban J connectivity index is 2.36. The molecule has 1 aromatic carbocycles. The van der Waals surface area contributed by atoms with E-state index in [2.05, 4.69) is 47.6 Å². The number of benzene rings is 1. The Hall–Kier alpha value is -1.86. The summed E-state index contributed by atoms with van der Waals surface area (Å²) in [5.74, 6) is 0.393. The molecular formula is C25H41N3O3S. The average molecular weight is 464 g/mol. The molecule has 1 aliphatic rings. The van der Waals surface area contributed by atoms with E-state index in [0.29, 0.717) is 36.6 Å². The number of aliphatic hydroxyl groups excluding tert-OH is 1. The molecule has 0 heterocycles. The molecule has 32 heavy (non-hydrogen) atoms. The number of hydrogen-bond donors (Lipinski definition) is 3. The zero-order chi connectivity index (χ0) is 23.5. The van der Waals surface area contributed by atoms with Crippen molar-refractivity contribution in [2.24, 2.45) is 5.92 Å². The maximum Gasteiger partial charge on any atom is 0.306 e. The van der Waals surface area contributed by atoms with E-state index in [1.807, 2.05) is 13.8 Å². The number of anilines is 2. The van der Waals surface area contributed by atoms with Gasteiger partial charge in [0.05, 0.1) is 31.0 Å². The number of thiocarbonyl (C=S) groups is 1. The minimum Gasteiger partial charge on any atom is -0.466 e. The summed E-state index contributed by atoms with van der Waals surface area (Å²) in [5, 5.41) is 16.0. The van der Waals surface area contributed by atoms with E-state index in [4.69, 9.17) is 22.1 Å². The Morgan fingerprint density at radius 3 is 2.59 bits per heavy atom. The van der Waals surface area contributed by atoms with Crippen LogP contribution < -0.4 is 15.5 Å². The number of carbonyl (C=O) groups is 1. The highest BCUT2D eigenvalue weighted by molar-refractivity contribution is 7.80. The van der Waals surface area contributed by atoms with E-state index in [1.165, 1.54) is 32.1 Å². The lowest BCUT2D eigenvalue weighted by Gasteiger charge is -2.38. The van der Waals surface area contributed by atoms with Gasteiger partial charge in [0, 0.05) is 19.1 Å². The Kier molecular flexibility index (Phi) is 11.2. The van der Waals surface area contributed by atoms with Crippen molar-refractivity contribution in [2.45, 2.75) is 78.2 Å². The summed E-state index contributed by atoms with van der Waals surface area (Å²) in [4.78, 5) is 14.6. The third kappa shape index (κ3) is 8.24. The minimum absolute atomic E-state index is 0.0207. The van der Waals surface area contributed by atoms with Gasteiger partial charge in [0.1, 0.15) is 0 Å². The highest BCUT2D eigenvalue weighted by atomic mass is 32.1. The maximum absolute atomic E-state index is 12.0. The lowest BCUT2D eigenvalue weighted by molar-refractivity contribution is -0.143. The highest BCUT2D eigenvalue weighted by Crippen LogP contribution is 2.36. The summed E-state index contributed by atoms with van der Waals surface area (Å²) in [6.45, 7) is 10.2. The van der Waals surface area contributed by atoms with Crippen molar-refractivity contribution in [1.29, 1.82) is 0 Å². The molecule has 0 aromatic heterocycles. The molecule has 0 amide bonds. The fourth-order valence-electron chi connectivity index (χ4n) is 4.36. The van der Waals surface area contributed by atoms with Crippen molar-refractivity contribution in [3.8, 4) is 0 Å². The van der Waals surface area contributed by atoms with Crippen LogP contribution in [0.3, 0.4) is 0 Å². The molecule has 6 nitrogen and oxygen atoms in total. The van der Waals surface area contributed by atoms with Crippen LogP contribution in [0.4, 0.5) is 11.4 Å². The van der Waals surface area contributed by atoms with Crippen LogP contribution in [0.25, 0.3) is 0 Å². The van der Waals surface area contributed by atoms with Gasteiger partial charge >= 0.3 is 5.97 Å². The third-order valence-electron chi connectivity index (χ3n) is 5.90. The van der Waals surface area contributed by atoms with Crippen LogP contribution in [-0.2, 0) is 9.53 Å². The molecule has 1 aliphatic carbocycles. The molecule has 180 valence electrons. The highest BCUT2D eigenvalue weighted by Gasteiger charge is 2.25. The van der Waals surface area contributed by atoms with Crippen molar-refractivity contribution in [1.82, 2.24) is 5.32 Å². The van der Waals surface area contributed by atoms with Crippen molar-refractivity contribution in [3.05, 3.63) is 23.8 Å². The van der Waals surface area contributed by atoms with Crippen molar-refractivity contribution < 1.29 is 14.6 Å². The fourth-order valence-corrected chi connectivity index (χ4v) is 4.58. The predicted molar refractivity (Wildman–Crippen MR) is 136 cm³/mol. The monoisotopic (exact) mass is 463 g/mol. The summed E-state index contributed by atoms with van der Waals surface area (Å²) in [7, 11) is 0. The van der Waals surface area contributed by atoms with Gasteiger partial charge in [-0.2, -0.15) is 0 Å². The SMILES string of the molecule is CCOC(=O)CC(C)c1ccc(N(CC(C)C)C2CCCCC2)c(NC(=S)NCCO)c1. The molecule has 1 unspecified atom stereocenters. The van der Waals surface area contributed by atoms with Crippen LogP contribution in [0.1, 0.15) is 77.7 Å². The van der Waals surface area contributed by atoms with E-state index in [-0.39, 0.29) is 18.5 Å². The lowest BCUT2D eigenvalue weighted by Crippen LogP contribution is -2.40. The van der Waals surface area contributed by atoms with Crippen LogP contribution in [0, 0.1) is 5.92 Å². The van der Waals surface area contributed by atoms with Gasteiger partial charge in [-0.3, -0.25) is 4.79 Å². The number of carbonyl (C=O) groups excluding carboxylic acids is 1. The van der Waals surface area contributed by atoms with E-state index in [1.54, 1.807) is 0 Å². The number of esters is 1. The molecular weight excluding hydrogens is 422 g/mol. The van der Waals surface area contributed by atoms with Gasteiger partial charge in [-0.25, -0.2) is 0 Å². The van der Waals surface area contributed by atoms with Gasteiger partial charge in [0.15, 0.2) is 5.11 Å². The first-order valence-electron chi connectivity index (χ1n) is 12.1. The zero-order valence-electron chi connectivity index (χ0n) is 20.2. The summed E-state index contributed by atoms with van der Waals surface area (Å²) in [6, 6.07) is 6.94. The number of ether oxygens (including phenoxy) is 1. The molecule has 1 aromatic rings. The summed E-state index contributed by atoms with van der Waals surface area (Å²) in [6.07, 6.45) is 6.62. The number of hydrogen-bond acceptors (Lipinski definition) is 5. The molecule has 0 aliphatic heterocycles. The fraction of sp³-hybridized carbons (Fsp3) is 0.680. The molecule has 1 saturated carbocycles. The Labute approximate surface area is 199 Å². The van der Waals surface area contributed by atoms with Crippen LogP contribution in [-0.4, -0.2) is 48.5 Å². The van der Waals surface area contributed by atoms with Gasteiger partial charge < -0.3 is 25.4 Å². The molecule has 0 saturated heterocycles. The topological polar surface area (TPSA) is 73.8 Å². The van der Waals surface area contributed by atoms with Gasteiger partial charge in [-0.15, -0.1) is 0 Å². The lowest BCUT2D eigenvalue weighted by atomic mass is 9.92. The summed E-state index contributed by atoms with van der Waals surface area (Å²) in [5.41, 5.74) is 3.16. The Bertz CT molecular complexity index is 735. The average Bonchev–Trinajstić information content (AvgIpc) is 2.76. The van der Waals surface area contributed by atoms with E-state index >= 15 is 0 Å². The normalized spacial score (nSPS) is 15.3. The largest absolute Gasteiger partial charge is 0.466 e. The number of nitrogens with zero attached hydrogens (tertiary/aromatic N) is 1. The van der Waals surface area contributed by atoms with Crippen LogP contribution in [0.2, 0.25) is 0 Å². The Morgan fingerprint density at radius 1 is 1.25 bits per heavy atom. The first-order valence-corrected chi connectivity index (χ1v) is 12.5. The molecule has 0 spiro atoms. The predicted octanol–water partition coefficient (Wildman–Crippen LogP) is 4.82. The maximum atomic E-state index is 12.0. The van der Waals surface area contributed by atoms with Crippen LogP contribution in [0.5, 0.6) is 0 Å². The second-order valence-electron chi connectivity index (χ2n) is 9.13. The van der Waals surface area contributed by atoms with Crippen molar-refractivity contribution >= 4 is 34.7 Å². The van der Waals surface area contributed by atoms with E-state index in [0.717, 1.165) is 23.5 Å². The molecule has 7 heteroatoms. The number of aliphatic hydroxyl groups is 1. The molecule has 0 bridgehead atoms. The van der Waals surface area contributed by atoms with Gasteiger partial charge in [0.25, 0.3) is 0 Å². The Morgan fingerprint density at radius 2 is 1.97 bits per heavy atom. The van der Waals surface area contributed by atoms with Crippen molar-refractivity contribution in [3.63, 3.8) is 0 Å². The molecule has 1 fully saturated rings. The van der Waals surface area contributed by atoms with E-state index < -0.39 is 0 Å². The van der Waals surface area contributed by atoms with Crippen LogP contribution >= 0.6 is 12.2 Å². The third-order valence-corrected chi connectivity index (χ3v) is 6.15. The summed E-state index contributed by atoms with van der Waals surface area (Å²) >= 11 is 5.48. The molecule has 1 atom stereocenters. The first-order chi connectivity index (χ1) is 15.3. The zero-order valence-corrected chi connectivity index (χ0v) is 21.0. The van der Waals surface area contributed by atoms with Crippen molar-refractivity contribution in [2.75, 3.05) is 36.5 Å². The van der Waals surface area contributed by atoms with Gasteiger partial charge in [0.2, 0.25) is 0 Å². The first kappa shape index (κ1) is 26.4. The smallest absolute Gasteiger partial charge is 0.306 e. The standard InChI is InChI=1S/C25H41N3O3S/c1-5-31-24(30)15-19(4)20-11-12-23(22(16-20)27-25(32)26-13-14-29)28(17-18(2)3)21-9-7-6-8-10-21/h11-12,16,18-19,21,29H,5-10,13-15,17H2,1-4H3,(H2,26,27,32). The molecule has 0 radical (unpaired) electrons. The van der Waals surface area contributed by atoms with Crippen LogP contribution in [0.15, 0.2) is 18.2 Å². The quantitative estimate of drug-likeness (QED) is 0.321. The number of nitrogens with one attached hydrogen (secondary N) is 2. The van der Waals surface area contributed by atoms with Gasteiger partial charge in [-0.1, -0.05) is 46.1 Å². The van der Waals surface area contributed by atoms with E-state index in [9.17, 15) is 4.79 Å². The minimum atomic E-state index is -0.178. The summed E-state index contributed by atoms with van der Waals surface area (Å²) < 4.78 is 5.14. The molecule has 3 N–H and O–H groups in total. The second kappa shape index (κ2) is 13.6.